The Kier molecular flexibility index (Phi) is 4.29. The van der Waals surface area contributed by atoms with Gasteiger partial charge in [-0.3, -0.25) is 9.69 Å². The van der Waals surface area contributed by atoms with Gasteiger partial charge >= 0.3 is 0 Å². The van der Waals surface area contributed by atoms with E-state index in [0.717, 1.165) is 18.0 Å². The molecule has 0 aromatic carbocycles. The van der Waals surface area contributed by atoms with Crippen LogP contribution in [0.25, 0.3) is 0 Å². The monoisotopic (exact) mass is 211 g/mol. The van der Waals surface area contributed by atoms with Crippen molar-refractivity contribution in [1.82, 2.24) is 4.90 Å². The second-order valence-corrected chi connectivity index (χ2v) is 4.23. The summed E-state index contributed by atoms with van der Waals surface area (Å²) in [5, 5.41) is 2.02. The van der Waals surface area contributed by atoms with E-state index >= 15 is 0 Å². The molecule has 1 heterocycles. The van der Waals surface area contributed by atoms with Gasteiger partial charge in [-0.1, -0.05) is 19.9 Å². The van der Waals surface area contributed by atoms with Crippen LogP contribution in [0.3, 0.4) is 0 Å². The molecule has 1 aromatic rings. The van der Waals surface area contributed by atoms with Crippen molar-refractivity contribution in [2.24, 2.45) is 0 Å². The first kappa shape index (κ1) is 11.4. The van der Waals surface area contributed by atoms with Crippen LogP contribution in [0, 0.1) is 0 Å². The molecular weight excluding hydrogens is 194 g/mol. The van der Waals surface area contributed by atoms with Crippen molar-refractivity contribution in [3.63, 3.8) is 0 Å². The molecule has 2 nitrogen and oxygen atoms in total. The van der Waals surface area contributed by atoms with Crippen LogP contribution >= 0.6 is 11.3 Å². The van der Waals surface area contributed by atoms with Gasteiger partial charge in [0, 0.05) is 4.88 Å². The number of nitrogens with zero attached hydrogens (tertiary/aromatic N) is 1. The van der Waals surface area contributed by atoms with Crippen molar-refractivity contribution in [3.05, 3.63) is 22.4 Å². The Labute approximate surface area is 89.5 Å². The summed E-state index contributed by atoms with van der Waals surface area (Å²) in [5.41, 5.74) is 0. The van der Waals surface area contributed by atoms with Crippen LogP contribution in [0.5, 0.6) is 0 Å². The zero-order chi connectivity index (χ0) is 10.6. The Bertz CT molecular complexity index is 277. The minimum Gasteiger partial charge on any atom is -0.298 e. The normalized spacial score (nSPS) is 13.1. The highest BCUT2D eigenvalue weighted by atomic mass is 32.1. The molecule has 0 aliphatic rings. The predicted octanol–water partition coefficient (Wildman–Crippen LogP) is 2.72. The maximum atomic E-state index is 11.6. The Balaban J connectivity index is 2.89. The van der Waals surface area contributed by atoms with Gasteiger partial charge in [-0.25, -0.2) is 0 Å². The molecule has 0 bridgehead atoms. The summed E-state index contributed by atoms with van der Waals surface area (Å²) in [6.07, 6.45) is 0. The van der Waals surface area contributed by atoms with Crippen LogP contribution in [-0.2, 0) is 4.79 Å². The number of Topliss-reactive ketones (excluding diaryl/α,β-unsaturated/α-hetero) is 1. The third-order valence-electron chi connectivity index (χ3n) is 2.38. The second-order valence-electron chi connectivity index (χ2n) is 3.25. The van der Waals surface area contributed by atoms with Crippen molar-refractivity contribution in [1.29, 1.82) is 0 Å². The lowest BCUT2D eigenvalue weighted by Crippen LogP contribution is -2.32. The Hall–Kier alpha value is -0.670. The molecule has 0 aliphatic heterocycles. The second kappa shape index (κ2) is 5.27. The number of thiophene rings is 1. The van der Waals surface area contributed by atoms with E-state index < -0.39 is 0 Å². The van der Waals surface area contributed by atoms with E-state index in [2.05, 4.69) is 18.7 Å². The van der Waals surface area contributed by atoms with E-state index in [1.807, 2.05) is 17.5 Å². The van der Waals surface area contributed by atoms with Crippen LogP contribution in [0.4, 0.5) is 0 Å². The first-order valence-corrected chi connectivity index (χ1v) is 5.86. The van der Waals surface area contributed by atoms with Crippen molar-refractivity contribution < 1.29 is 4.79 Å². The third-order valence-corrected chi connectivity index (χ3v) is 3.30. The van der Waals surface area contributed by atoms with E-state index in [1.165, 1.54) is 0 Å². The highest BCUT2D eigenvalue weighted by Gasteiger charge is 2.22. The predicted molar refractivity (Wildman–Crippen MR) is 60.7 cm³/mol. The zero-order valence-electron chi connectivity index (χ0n) is 8.99. The molecule has 0 saturated carbocycles. The van der Waals surface area contributed by atoms with Crippen molar-refractivity contribution in [3.8, 4) is 0 Å². The van der Waals surface area contributed by atoms with Crippen molar-refractivity contribution in [2.75, 3.05) is 13.1 Å². The SMILES string of the molecule is CCN(CC)C(C(C)=O)c1cccs1. The van der Waals surface area contributed by atoms with Gasteiger partial charge in [0.25, 0.3) is 0 Å². The van der Waals surface area contributed by atoms with Crippen LogP contribution in [0.2, 0.25) is 0 Å². The topological polar surface area (TPSA) is 20.3 Å². The van der Waals surface area contributed by atoms with Gasteiger partial charge in [0.15, 0.2) is 5.78 Å². The van der Waals surface area contributed by atoms with Gasteiger partial charge in [-0.2, -0.15) is 0 Å². The lowest BCUT2D eigenvalue weighted by Gasteiger charge is -2.26. The summed E-state index contributed by atoms with van der Waals surface area (Å²) < 4.78 is 0. The number of carbonyl (C=O) groups excluding carboxylic acids is 1. The highest BCUT2D eigenvalue weighted by molar-refractivity contribution is 7.10. The largest absolute Gasteiger partial charge is 0.298 e. The van der Waals surface area contributed by atoms with Gasteiger partial charge in [-0.05, 0) is 31.5 Å². The molecule has 0 saturated heterocycles. The summed E-state index contributed by atoms with van der Waals surface area (Å²) in [5.74, 6) is 0.233. The third kappa shape index (κ3) is 2.42. The molecule has 1 atom stereocenters. The molecule has 0 radical (unpaired) electrons. The zero-order valence-corrected chi connectivity index (χ0v) is 9.80. The summed E-state index contributed by atoms with van der Waals surface area (Å²) in [7, 11) is 0. The quantitative estimate of drug-likeness (QED) is 0.746. The summed E-state index contributed by atoms with van der Waals surface area (Å²) in [4.78, 5) is 14.9. The van der Waals surface area contributed by atoms with Gasteiger partial charge in [0.2, 0.25) is 0 Å². The van der Waals surface area contributed by atoms with E-state index in [4.69, 9.17) is 0 Å². The van der Waals surface area contributed by atoms with Crippen LogP contribution in [-0.4, -0.2) is 23.8 Å². The van der Waals surface area contributed by atoms with Gasteiger partial charge in [0.05, 0.1) is 0 Å². The standard InChI is InChI=1S/C11H17NOS/c1-4-12(5-2)11(9(3)13)10-7-6-8-14-10/h6-8,11H,4-5H2,1-3H3. The molecule has 78 valence electrons. The lowest BCUT2D eigenvalue weighted by atomic mass is 10.1. The first-order valence-electron chi connectivity index (χ1n) is 4.98. The molecule has 1 aromatic heterocycles. The first-order chi connectivity index (χ1) is 6.70. The number of hydrogen-bond donors (Lipinski definition) is 0. The minimum atomic E-state index is -0.0370. The molecular formula is C11H17NOS. The molecule has 0 fully saturated rings. The number of ketones is 1. The molecule has 0 spiro atoms. The Morgan fingerprint density at radius 3 is 2.50 bits per heavy atom. The number of hydrogen-bond acceptors (Lipinski definition) is 3. The highest BCUT2D eigenvalue weighted by Crippen LogP contribution is 2.25. The van der Waals surface area contributed by atoms with Gasteiger partial charge in [-0.15, -0.1) is 11.3 Å². The summed E-state index contributed by atoms with van der Waals surface area (Å²) >= 11 is 1.66. The Morgan fingerprint density at radius 1 is 1.50 bits per heavy atom. The molecule has 1 unspecified atom stereocenters. The molecule has 0 N–H and O–H groups in total. The fraction of sp³-hybridized carbons (Fsp3) is 0.545. The molecule has 0 amide bonds. The van der Waals surface area contributed by atoms with Crippen molar-refractivity contribution in [2.45, 2.75) is 26.8 Å². The van der Waals surface area contributed by atoms with Crippen LogP contribution in [0.1, 0.15) is 31.7 Å². The van der Waals surface area contributed by atoms with Gasteiger partial charge in [0.1, 0.15) is 6.04 Å². The fourth-order valence-corrected chi connectivity index (χ4v) is 2.59. The Morgan fingerprint density at radius 2 is 2.14 bits per heavy atom. The lowest BCUT2D eigenvalue weighted by molar-refractivity contribution is -0.122. The van der Waals surface area contributed by atoms with E-state index in [9.17, 15) is 4.79 Å². The number of carbonyl (C=O) groups is 1. The summed E-state index contributed by atoms with van der Waals surface area (Å²) in [6.45, 7) is 7.68. The van der Waals surface area contributed by atoms with Crippen LogP contribution < -0.4 is 0 Å². The van der Waals surface area contributed by atoms with Gasteiger partial charge < -0.3 is 0 Å². The summed E-state index contributed by atoms with van der Waals surface area (Å²) in [6, 6.07) is 4.00. The van der Waals surface area contributed by atoms with E-state index in [1.54, 1.807) is 18.3 Å². The van der Waals surface area contributed by atoms with E-state index in [0.29, 0.717) is 0 Å². The number of rotatable bonds is 5. The van der Waals surface area contributed by atoms with Crippen LogP contribution in [0.15, 0.2) is 17.5 Å². The minimum absolute atomic E-state index is 0.0370. The van der Waals surface area contributed by atoms with E-state index in [-0.39, 0.29) is 11.8 Å². The fourth-order valence-electron chi connectivity index (χ4n) is 1.67. The molecule has 0 aliphatic carbocycles. The number of likely N-dealkylation sites (N-methyl/N-ethyl adjacent to an activating group) is 1. The average Bonchev–Trinajstić information content (AvgIpc) is 2.65. The molecule has 14 heavy (non-hydrogen) atoms. The maximum Gasteiger partial charge on any atom is 0.152 e. The molecule has 1 rings (SSSR count). The molecule has 3 heteroatoms. The average molecular weight is 211 g/mol. The smallest absolute Gasteiger partial charge is 0.152 e. The van der Waals surface area contributed by atoms with Crippen molar-refractivity contribution >= 4 is 17.1 Å². The maximum absolute atomic E-state index is 11.6.